The molecule has 116 valence electrons. The molecule has 4 nitrogen and oxygen atoms in total. The van der Waals surface area contributed by atoms with Crippen LogP contribution in [0.5, 0.6) is 5.75 Å². The predicted octanol–water partition coefficient (Wildman–Crippen LogP) is 2.93. The topological polar surface area (TPSA) is 78.3 Å². The highest BCUT2D eigenvalue weighted by Crippen LogP contribution is 2.26. The predicted molar refractivity (Wildman–Crippen MR) is 88.1 cm³/mol. The van der Waals surface area contributed by atoms with Crippen molar-refractivity contribution >= 4 is 29.1 Å². The van der Waals surface area contributed by atoms with Gasteiger partial charge >= 0.3 is 0 Å². The van der Waals surface area contributed by atoms with Crippen molar-refractivity contribution in [1.29, 1.82) is 0 Å². The van der Waals surface area contributed by atoms with E-state index in [1.54, 1.807) is 30.3 Å². The van der Waals surface area contributed by atoms with Crippen molar-refractivity contribution in [3.8, 4) is 5.75 Å². The molecule has 0 heterocycles. The molecule has 0 aliphatic rings. The molecule has 6 heteroatoms. The van der Waals surface area contributed by atoms with Crippen molar-refractivity contribution in [2.24, 2.45) is 11.5 Å². The van der Waals surface area contributed by atoms with E-state index in [0.29, 0.717) is 22.2 Å². The minimum atomic E-state index is -0.686. The lowest BCUT2D eigenvalue weighted by Crippen LogP contribution is -2.38. The fourth-order valence-electron chi connectivity index (χ4n) is 1.90. The standard InChI is InChI=1S/C16H16Cl2N2O2/c17-13-2-1-3-14(18)12(13)9-22-11-6-4-10(5-7-11)8-15(19)16(20)21/h1-7,15H,8-9,19H2,(H2,20,21). The molecule has 0 aliphatic heterocycles. The minimum absolute atomic E-state index is 0.276. The molecule has 0 aliphatic carbocycles. The van der Waals surface area contributed by atoms with E-state index in [9.17, 15) is 4.79 Å². The van der Waals surface area contributed by atoms with Crippen LogP contribution in [0, 0.1) is 0 Å². The summed E-state index contributed by atoms with van der Waals surface area (Å²) < 4.78 is 5.67. The van der Waals surface area contributed by atoms with Crippen LogP contribution in [0.1, 0.15) is 11.1 Å². The fourth-order valence-corrected chi connectivity index (χ4v) is 2.41. The molecule has 22 heavy (non-hydrogen) atoms. The van der Waals surface area contributed by atoms with Crippen LogP contribution in [0.15, 0.2) is 42.5 Å². The van der Waals surface area contributed by atoms with E-state index >= 15 is 0 Å². The molecule has 1 unspecified atom stereocenters. The zero-order valence-electron chi connectivity index (χ0n) is 11.8. The summed E-state index contributed by atoms with van der Waals surface area (Å²) in [5.74, 6) is 0.154. The zero-order valence-corrected chi connectivity index (χ0v) is 13.3. The first-order valence-corrected chi connectivity index (χ1v) is 7.42. The Balaban J connectivity index is 1.98. The van der Waals surface area contributed by atoms with Crippen LogP contribution in [0.25, 0.3) is 0 Å². The lowest BCUT2D eigenvalue weighted by atomic mass is 10.1. The van der Waals surface area contributed by atoms with E-state index in [4.69, 9.17) is 39.4 Å². The lowest BCUT2D eigenvalue weighted by Gasteiger charge is -2.11. The van der Waals surface area contributed by atoms with Crippen molar-refractivity contribution in [2.75, 3.05) is 0 Å². The summed E-state index contributed by atoms with van der Waals surface area (Å²) in [5, 5.41) is 1.13. The molecule has 0 bridgehead atoms. The van der Waals surface area contributed by atoms with E-state index in [1.807, 2.05) is 12.1 Å². The first-order valence-electron chi connectivity index (χ1n) is 6.67. The van der Waals surface area contributed by atoms with Crippen LogP contribution in [-0.4, -0.2) is 11.9 Å². The number of hydrogen-bond acceptors (Lipinski definition) is 3. The second-order valence-electron chi connectivity index (χ2n) is 4.85. The maximum Gasteiger partial charge on any atom is 0.234 e. The van der Waals surface area contributed by atoms with Gasteiger partial charge in [-0.2, -0.15) is 0 Å². The van der Waals surface area contributed by atoms with Crippen LogP contribution in [0.4, 0.5) is 0 Å². The third-order valence-corrected chi connectivity index (χ3v) is 3.90. The van der Waals surface area contributed by atoms with E-state index in [0.717, 1.165) is 11.1 Å². The van der Waals surface area contributed by atoms with Crippen molar-refractivity contribution in [2.45, 2.75) is 19.1 Å². The molecule has 2 aromatic carbocycles. The maximum atomic E-state index is 10.9. The Bertz CT molecular complexity index is 639. The summed E-state index contributed by atoms with van der Waals surface area (Å²) in [6, 6.07) is 11.9. The Kier molecular flexibility index (Phi) is 5.66. The second-order valence-corrected chi connectivity index (χ2v) is 5.66. The number of carbonyl (C=O) groups is 1. The molecular formula is C16H16Cl2N2O2. The van der Waals surface area contributed by atoms with Gasteiger partial charge in [-0.3, -0.25) is 4.79 Å². The third-order valence-electron chi connectivity index (χ3n) is 3.19. The highest BCUT2D eigenvalue weighted by molar-refractivity contribution is 6.35. The van der Waals surface area contributed by atoms with Gasteiger partial charge in [0.15, 0.2) is 0 Å². The van der Waals surface area contributed by atoms with Crippen molar-refractivity contribution in [3.05, 3.63) is 63.6 Å². The molecule has 0 radical (unpaired) electrons. The average molecular weight is 339 g/mol. The summed E-state index contributed by atoms with van der Waals surface area (Å²) >= 11 is 12.2. The molecule has 0 spiro atoms. The van der Waals surface area contributed by atoms with Gasteiger partial charge in [0.25, 0.3) is 0 Å². The molecule has 4 N–H and O–H groups in total. The Labute approximate surface area is 139 Å². The van der Waals surface area contributed by atoms with E-state index in [-0.39, 0.29) is 6.61 Å². The highest BCUT2D eigenvalue weighted by Gasteiger charge is 2.10. The summed E-state index contributed by atoms with van der Waals surface area (Å²) in [7, 11) is 0. The molecule has 2 rings (SSSR count). The van der Waals surface area contributed by atoms with Gasteiger partial charge in [0.05, 0.1) is 6.04 Å². The number of carbonyl (C=O) groups excluding carboxylic acids is 1. The molecule has 2 aromatic rings. The fraction of sp³-hybridized carbons (Fsp3) is 0.188. The van der Waals surface area contributed by atoms with Crippen molar-refractivity contribution < 1.29 is 9.53 Å². The number of rotatable bonds is 6. The Morgan fingerprint density at radius 1 is 1.09 bits per heavy atom. The largest absolute Gasteiger partial charge is 0.489 e. The second kappa shape index (κ2) is 7.49. The summed E-state index contributed by atoms with van der Waals surface area (Å²) in [6.45, 7) is 0.276. The molecule has 0 aromatic heterocycles. The number of halogens is 2. The van der Waals surface area contributed by atoms with Crippen LogP contribution < -0.4 is 16.2 Å². The average Bonchev–Trinajstić information content (AvgIpc) is 2.48. The van der Waals surface area contributed by atoms with E-state index in [2.05, 4.69) is 0 Å². The van der Waals surface area contributed by atoms with Gasteiger partial charge in [-0.25, -0.2) is 0 Å². The molecule has 0 saturated carbocycles. The zero-order chi connectivity index (χ0) is 16.1. The van der Waals surface area contributed by atoms with Crippen molar-refractivity contribution in [1.82, 2.24) is 0 Å². The Morgan fingerprint density at radius 3 is 2.23 bits per heavy atom. The van der Waals surface area contributed by atoms with Gasteiger partial charge in [0.1, 0.15) is 12.4 Å². The lowest BCUT2D eigenvalue weighted by molar-refractivity contribution is -0.119. The van der Waals surface area contributed by atoms with Crippen LogP contribution in [0.2, 0.25) is 10.0 Å². The van der Waals surface area contributed by atoms with Gasteiger partial charge in [0.2, 0.25) is 5.91 Å². The quantitative estimate of drug-likeness (QED) is 0.849. The van der Waals surface area contributed by atoms with Crippen molar-refractivity contribution in [3.63, 3.8) is 0 Å². The van der Waals surface area contributed by atoms with Gasteiger partial charge < -0.3 is 16.2 Å². The first kappa shape index (κ1) is 16.6. The number of nitrogens with two attached hydrogens (primary N) is 2. The SMILES string of the molecule is NC(=O)C(N)Cc1ccc(OCc2c(Cl)cccc2Cl)cc1. The van der Waals surface area contributed by atoms with E-state index in [1.165, 1.54) is 0 Å². The van der Waals surface area contributed by atoms with Gasteiger partial charge in [-0.15, -0.1) is 0 Å². The Morgan fingerprint density at radius 2 is 1.68 bits per heavy atom. The van der Waals surface area contributed by atoms with Gasteiger partial charge in [0, 0.05) is 15.6 Å². The minimum Gasteiger partial charge on any atom is -0.489 e. The normalized spacial score (nSPS) is 12.0. The molecular weight excluding hydrogens is 323 g/mol. The third kappa shape index (κ3) is 4.37. The number of hydrogen-bond donors (Lipinski definition) is 2. The van der Waals surface area contributed by atoms with Crippen LogP contribution in [-0.2, 0) is 17.8 Å². The van der Waals surface area contributed by atoms with Gasteiger partial charge in [-0.1, -0.05) is 41.4 Å². The monoisotopic (exact) mass is 338 g/mol. The smallest absolute Gasteiger partial charge is 0.234 e. The van der Waals surface area contributed by atoms with Crippen LogP contribution >= 0.6 is 23.2 Å². The summed E-state index contributed by atoms with van der Waals surface area (Å²) in [4.78, 5) is 10.9. The Hall–Kier alpha value is -1.75. The molecule has 1 amide bonds. The number of benzene rings is 2. The summed E-state index contributed by atoms with van der Waals surface area (Å²) in [6.07, 6.45) is 0.395. The highest BCUT2D eigenvalue weighted by atomic mass is 35.5. The first-order chi connectivity index (χ1) is 10.5. The maximum absolute atomic E-state index is 10.9. The molecule has 0 saturated heterocycles. The number of amides is 1. The van der Waals surface area contributed by atoms with Crippen LogP contribution in [0.3, 0.4) is 0 Å². The number of ether oxygens (including phenoxy) is 1. The summed E-state index contributed by atoms with van der Waals surface area (Å²) in [5.41, 5.74) is 12.4. The number of primary amides is 1. The molecule has 1 atom stereocenters. The van der Waals surface area contributed by atoms with E-state index < -0.39 is 11.9 Å². The molecule has 0 fully saturated rings. The van der Waals surface area contributed by atoms with Gasteiger partial charge in [-0.05, 0) is 36.2 Å².